The van der Waals surface area contributed by atoms with E-state index in [0.29, 0.717) is 6.42 Å². The molecule has 0 unspecified atom stereocenters. The first-order valence-electron chi connectivity index (χ1n) is 6.24. The standard InChI is InChI=1S/C8H9NO4.C4H8N2O3/c10-6-3-4-7(11)9(6)5-1-2-8(12)13;5-3(7)1-2-4(8)6-9/h3-4H,1-2,5H2,(H,12,13);9H,1-2H2,(H2,5,7)(H,6,8). The van der Waals surface area contributed by atoms with E-state index >= 15 is 0 Å². The summed E-state index contributed by atoms with van der Waals surface area (Å²) >= 11 is 0. The van der Waals surface area contributed by atoms with E-state index in [0.717, 1.165) is 4.90 Å². The number of rotatable bonds is 7. The van der Waals surface area contributed by atoms with Crippen LogP contribution >= 0.6 is 0 Å². The van der Waals surface area contributed by atoms with Gasteiger partial charge in [-0.3, -0.25) is 34.1 Å². The second-order valence-corrected chi connectivity index (χ2v) is 4.16. The van der Waals surface area contributed by atoms with Crippen molar-refractivity contribution >= 4 is 29.6 Å². The average molecular weight is 315 g/mol. The average Bonchev–Trinajstić information content (AvgIpc) is 2.76. The fourth-order valence-corrected chi connectivity index (χ4v) is 1.33. The number of imide groups is 1. The van der Waals surface area contributed by atoms with Crippen molar-refractivity contribution in [2.45, 2.75) is 25.7 Å². The van der Waals surface area contributed by atoms with Crippen LogP contribution in [0.4, 0.5) is 0 Å². The summed E-state index contributed by atoms with van der Waals surface area (Å²) in [5.74, 6) is -2.81. The summed E-state index contributed by atoms with van der Waals surface area (Å²) in [5, 5.41) is 16.2. The summed E-state index contributed by atoms with van der Waals surface area (Å²) in [5.41, 5.74) is 6.07. The number of hydroxylamine groups is 1. The van der Waals surface area contributed by atoms with Crippen LogP contribution in [0.25, 0.3) is 0 Å². The van der Waals surface area contributed by atoms with Gasteiger partial charge in [0, 0.05) is 38.0 Å². The molecule has 10 heteroatoms. The first-order chi connectivity index (χ1) is 10.3. The lowest BCUT2D eigenvalue weighted by Crippen LogP contribution is -2.31. The molecule has 0 spiro atoms. The Morgan fingerprint density at radius 1 is 1.09 bits per heavy atom. The number of carbonyl (C=O) groups is 5. The van der Waals surface area contributed by atoms with E-state index < -0.39 is 17.8 Å². The van der Waals surface area contributed by atoms with E-state index in [1.54, 1.807) is 0 Å². The summed E-state index contributed by atoms with van der Waals surface area (Å²) < 4.78 is 0. The van der Waals surface area contributed by atoms with Gasteiger partial charge in [-0.1, -0.05) is 0 Å². The van der Waals surface area contributed by atoms with E-state index in [1.807, 2.05) is 0 Å². The van der Waals surface area contributed by atoms with Gasteiger partial charge in [-0.25, -0.2) is 5.48 Å². The van der Waals surface area contributed by atoms with Crippen molar-refractivity contribution in [3.05, 3.63) is 12.2 Å². The number of carbonyl (C=O) groups excluding carboxylic acids is 4. The zero-order chi connectivity index (χ0) is 17.1. The molecule has 0 atom stereocenters. The van der Waals surface area contributed by atoms with Crippen LogP contribution in [-0.4, -0.2) is 51.4 Å². The van der Waals surface area contributed by atoms with Gasteiger partial charge in [0.05, 0.1) is 0 Å². The van der Waals surface area contributed by atoms with Crippen LogP contribution in [0, 0.1) is 0 Å². The van der Waals surface area contributed by atoms with Crippen molar-refractivity contribution in [2.24, 2.45) is 5.73 Å². The molecule has 0 aromatic heterocycles. The number of nitrogens with two attached hydrogens (primary N) is 1. The van der Waals surface area contributed by atoms with Crippen molar-refractivity contribution in [2.75, 3.05) is 6.54 Å². The monoisotopic (exact) mass is 315 g/mol. The van der Waals surface area contributed by atoms with Crippen LogP contribution in [0.1, 0.15) is 25.7 Å². The van der Waals surface area contributed by atoms with Gasteiger partial charge in [0.25, 0.3) is 11.8 Å². The Morgan fingerprint density at radius 2 is 1.64 bits per heavy atom. The second kappa shape index (κ2) is 10.0. The van der Waals surface area contributed by atoms with Gasteiger partial charge in [-0.2, -0.15) is 0 Å². The van der Waals surface area contributed by atoms with Crippen LogP contribution < -0.4 is 11.2 Å². The van der Waals surface area contributed by atoms with Gasteiger partial charge in [-0.15, -0.1) is 0 Å². The summed E-state index contributed by atoms with van der Waals surface area (Å²) in [7, 11) is 0. The van der Waals surface area contributed by atoms with Gasteiger partial charge < -0.3 is 10.8 Å². The Balaban J connectivity index is 0.000000433. The SMILES string of the molecule is NC(=O)CCC(=O)NO.O=C(O)CCCN1C(=O)C=CC1=O. The predicted molar refractivity (Wildman–Crippen MR) is 71.1 cm³/mol. The molecule has 122 valence electrons. The molecule has 0 radical (unpaired) electrons. The van der Waals surface area contributed by atoms with E-state index in [4.69, 9.17) is 16.0 Å². The second-order valence-electron chi connectivity index (χ2n) is 4.16. The zero-order valence-corrected chi connectivity index (χ0v) is 11.7. The molecule has 0 aromatic rings. The third-order valence-corrected chi connectivity index (χ3v) is 2.40. The lowest BCUT2D eigenvalue weighted by Gasteiger charge is -2.11. The van der Waals surface area contributed by atoms with Crippen molar-refractivity contribution < 1.29 is 34.3 Å². The lowest BCUT2D eigenvalue weighted by atomic mass is 10.3. The third-order valence-electron chi connectivity index (χ3n) is 2.40. The maximum atomic E-state index is 10.9. The first-order valence-corrected chi connectivity index (χ1v) is 6.24. The maximum Gasteiger partial charge on any atom is 0.303 e. The Morgan fingerprint density at radius 3 is 2.05 bits per heavy atom. The van der Waals surface area contributed by atoms with E-state index in [-0.39, 0.29) is 37.6 Å². The zero-order valence-electron chi connectivity index (χ0n) is 11.7. The van der Waals surface area contributed by atoms with E-state index in [1.165, 1.54) is 17.6 Å². The molecule has 0 fully saturated rings. The van der Waals surface area contributed by atoms with Gasteiger partial charge >= 0.3 is 5.97 Å². The number of hydrogen-bond acceptors (Lipinski definition) is 6. The van der Waals surface area contributed by atoms with Crippen molar-refractivity contribution in [1.82, 2.24) is 10.4 Å². The van der Waals surface area contributed by atoms with Gasteiger partial charge in [-0.05, 0) is 6.42 Å². The Hall–Kier alpha value is -2.75. The number of aliphatic carboxylic acids is 1. The molecule has 1 rings (SSSR count). The number of primary amides is 1. The summed E-state index contributed by atoms with van der Waals surface area (Å²) in [6.45, 7) is 0.178. The third kappa shape index (κ3) is 8.43. The van der Waals surface area contributed by atoms with Crippen LogP contribution in [0.2, 0.25) is 0 Å². The number of amides is 4. The van der Waals surface area contributed by atoms with Crippen LogP contribution in [0.3, 0.4) is 0 Å². The number of carboxylic acid groups (broad SMARTS) is 1. The van der Waals surface area contributed by atoms with Gasteiger partial charge in [0.1, 0.15) is 0 Å². The molecule has 4 amide bonds. The highest BCUT2D eigenvalue weighted by Crippen LogP contribution is 2.05. The molecule has 5 N–H and O–H groups in total. The van der Waals surface area contributed by atoms with E-state index in [9.17, 15) is 24.0 Å². The highest BCUT2D eigenvalue weighted by atomic mass is 16.5. The van der Waals surface area contributed by atoms with Crippen molar-refractivity contribution in [1.29, 1.82) is 0 Å². The highest BCUT2D eigenvalue weighted by Gasteiger charge is 2.22. The van der Waals surface area contributed by atoms with Gasteiger partial charge in [0.2, 0.25) is 11.8 Å². The van der Waals surface area contributed by atoms with Crippen LogP contribution in [-0.2, 0) is 24.0 Å². The first kappa shape index (κ1) is 19.2. The normalized spacial score (nSPS) is 12.7. The number of nitrogens with one attached hydrogen (secondary N) is 1. The molecule has 0 saturated carbocycles. The summed E-state index contributed by atoms with van der Waals surface area (Å²) in [6.07, 6.45) is 2.54. The molecule has 1 aliphatic rings. The fraction of sp³-hybridized carbons (Fsp3) is 0.417. The predicted octanol–water partition coefficient (Wildman–Crippen LogP) is -1.47. The number of nitrogens with zero attached hydrogens (tertiary/aromatic N) is 1. The fourth-order valence-electron chi connectivity index (χ4n) is 1.33. The van der Waals surface area contributed by atoms with Gasteiger partial charge in [0.15, 0.2) is 0 Å². The molecule has 0 aliphatic carbocycles. The minimum absolute atomic E-state index is 0.0307. The molecule has 1 heterocycles. The maximum absolute atomic E-state index is 10.9. The number of carboxylic acids is 1. The van der Waals surface area contributed by atoms with Crippen molar-refractivity contribution in [3.63, 3.8) is 0 Å². The molecule has 0 bridgehead atoms. The summed E-state index contributed by atoms with van der Waals surface area (Å²) in [6, 6.07) is 0. The lowest BCUT2D eigenvalue weighted by molar-refractivity contribution is -0.140. The molecule has 10 nitrogen and oxygen atoms in total. The minimum Gasteiger partial charge on any atom is -0.481 e. The minimum atomic E-state index is -0.924. The largest absolute Gasteiger partial charge is 0.481 e. The Labute approximate surface area is 125 Å². The smallest absolute Gasteiger partial charge is 0.303 e. The highest BCUT2D eigenvalue weighted by molar-refractivity contribution is 6.12. The molecular formula is C12H17N3O7. The van der Waals surface area contributed by atoms with Crippen molar-refractivity contribution in [3.8, 4) is 0 Å². The quantitative estimate of drug-likeness (QED) is 0.253. The molecule has 1 aliphatic heterocycles. The molecule has 0 aromatic carbocycles. The van der Waals surface area contributed by atoms with Crippen LogP contribution in [0.5, 0.6) is 0 Å². The molecule has 0 saturated heterocycles. The summed E-state index contributed by atoms with van der Waals surface area (Å²) in [4.78, 5) is 53.2. The molecular weight excluding hydrogens is 298 g/mol. The van der Waals surface area contributed by atoms with Crippen LogP contribution in [0.15, 0.2) is 12.2 Å². The molecule has 22 heavy (non-hydrogen) atoms. The number of hydrogen-bond donors (Lipinski definition) is 4. The topological polar surface area (TPSA) is 167 Å². The Kier molecular flexibility index (Phi) is 8.79. The Bertz CT molecular complexity index is 469. The van der Waals surface area contributed by atoms with E-state index in [2.05, 4.69) is 0 Å².